The van der Waals surface area contributed by atoms with E-state index >= 15 is 0 Å². The van der Waals surface area contributed by atoms with Crippen LogP contribution in [-0.4, -0.2) is 24.2 Å². The molecule has 18 heavy (non-hydrogen) atoms. The van der Waals surface area contributed by atoms with Crippen molar-refractivity contribution in [3.63, 3.8) is 0 Å². The van der Waals surface area contributed by atoms with Crippen LogP contribution in [0.3, 0.4) is 0 Å². The molecule has 1 fully saturated rings. The highest BCUT2D eigenvalue weighted by Crippen LogP contribution is 2.31. The Balaban J connectivity index is 2.20. The second-order valence-corrected chi connectivity index (χ2v) is 6.10. The lowest BCUT2D eigenvalue weighted by atomic mass is 9.80. The maximum absolute atomic E-state index is 9.70. The smallest absolute Gasteiger partial charge is 0.118 e. The van der Waals surface area contributed by atoms with Crippen LogP contribution in [0.4, 0.5) is 5.69 Å². The lowest BCUT2D eigenvalue weighted by Gasteiger charge is -2.40. The van der Waals surface area contributed by atoms with E-state index in [0.717, 1.165) is 36.3 Å². The van der Waals surface area contributed by atoms with Gasteiger partial charge in [-0.2, -0.15) is 0 Å². The third-order valence-electron chi connectivity index (χ3n) is 4.01. The number of rotatable bonds is 2. The van der Waals surface area contributed by atoms with Crippen molar-refractivity contribution in [1.29, 1.82) is 0 Å². The summed E-state index contributed by atoms with van der Waals surface area (Å²) in [6.07, 6.45) is 1.13. The molecule has 1 aliphatic rings. The number of anilines is 1. The third-order valence-corrected chi connectivity index (χ3v) is 4.01. The van der Waals surface area contributed by atoms with E-state index in [4.69, 9.17) is 0 Å². The number of hydrogen-bond donors (Lipinski definition) is 3. The molecule has 100 valence electrons. The van der Waals surface area contributed by atoms with Crippen molar-refractivity contribution in [2.45, 2.75) is 40.2 Å². The van der Waals surface area contributed by atoms with Gasteiger partial charge in [-0.15, -0.1) is 0 Å². The Morgan fingerprint density at radius 2 is 2.00 bits per heavy atom. The van der Waals surface area contributed by atoms with Gasteiger partial charge >= 0.3 is 0 Å². The van der Waals surface area contributed by atoms with Gasteiger partial charge in [0, 0.05) is 18.3 Å². The van der Waals surface area contributed by atoms with E-state index in [-0.39, 0.29) is 5.41 Å². The Bertz CT molecular complexity index is 440. The third kappa shape index (κ3) is 2.61. The molecule has 3 N–H and O–H groups in total. The normalized spacial score (nSPS) is 22.8. The maximum Gasteiger partial charge on any atom is 0.118 e. The van der Waals surface area contributed by atoms with Crippen LogP contribution in [0.25, 0.3) is 0 Å². The van der Waals surface area contributed by atoms with Gasteiger partial charge in [-0.05, 0) is 55.5 Å². The molecular weight excluding hydrogens is 224 g/mol. The molecule has 1 atom stereocenters. The Kier molecular flexibility index (Phi) is 3.53. The largest absolute Gasteiger partial charge is 0.508 e. The van der Waals surface area contributed by atoms with Crippen molar-refractivity contribution in [3.05, 3.63) is 23.3 Å². The van der Waals surface area contributed by atoms with E-state index in [1.807, 2.05) is 26.0 Å². The van der Waals surface area contributed by atoms with Crippen molar-refractivity contribution in [2.75, 3.05) is 18.4 Å². The number of phenolic OH excluding ortho intramolecular Hbond substituents is 1. The number of phenols is 1. The molecule has 1 aromatic carbocycles. The fourth-order valence-corrected chi connectivity index (χ4v) is 2.58. The zero-order valence-corrected chi connectivity index (χ0v) is 11.8. The molecule has 1 aliphatic heterocycles. The molecule has 0 bridgehead atoms. The first kappa shape index (κ1) is 13.2. The molecule has 0 aliphatic carbocycles. The van der Waals surface area contributed by atoms with Gasteiger partial charge in [-0.25, -0.2) is 0 Å². The highest BCUT2D eigenvalue weighted by Gasteiger charge is 2.32. The lowest BCUT2D eigenvalue weighted by molar-refractivity contribution is 0.236. The first-order valence-electron chi connectivity index (χ1n) is 6.67. The summed E-state index contributed by atoms with van der Waals surface area (Å²) in [5.41, 5.74) is 3.42. The second-order valence-electron chi connectivity index (χ2n) is 6.10. The van der Waals surface area contributed by atoms with Gasteiger partial charge < -0.3 is 15.7 Å². The van der Waals surface area contributed by atoms with Crippen molar-refractivity contribution in [2.24, 2.45) is 5.41 Å². The predicted molar refractivity (Wildman–Crippen MR) is 76.3 cm³/mol. The molecule has 1 heterocycles. The van der Waals surface area contributed by atoms with Crippen LogP contribution in [0.15, 0.2) is 12.1 Å². The van der Waals surface area contributed by atoms with E-state index in [1.165, 1.54) is 0 Å². The first-order valence-corrected chi connectivity index (χ1v) is 6.67. The van der Waals surface area contributed by atoms with Crippen LogP contribution in [0.2, 0.25) is 0 Å². The minimum absolute atomic E-state index is 0.247. The van der Waals surface area contributed by atoms with Gasteiger partial charge in [0.15, 0.2) is 0 Å². The molecular formula is C15H24N2O. The maximum atomic E-state index is 9.70. The summed E-state index contributed by atoms with van der Waals surface area (Å²) in [5, 5.41) is 16.8. The van der Waals surface area contributed by atoms with Crippen LogP contribution in [0.1, 0.15) is 31.4 Å². The van der Waals surface area contributed by atoms with Gasteiger partial charge in [0.25, 0.3) is 0 Å². The van der Waals surface area contributed by atoms with E-state index in [2.05, 4.69) is 24.5 Å². The molecule has 0 amide bonds. The van der Waals surface area contributed by atoms with Crippen LogP contribution in [0, 0.1) is 19.3 Å². The van der Waals surface area contributed by atoms with Gasteiger partial charge in [0.2, 0.25) is 0 Å². The number of aryl methyl sites for hydroxylation is 2. The Hall–Kier alpha value is -1.22. The molecule has 0 saturated carbocycles. The second kappa shape index (κ2) is 4.81. The quantitative estimate of drug-likeness (QED) is 0.705. The molecule has 2 rings (SSSR count). The Labute approximate surface area is 110 Å². The topological polar surface area (TPSA) is 44.3 Å². The predicted octanol–water partition coefficient (Wildman–Crippen LogP) is 2.81. The Morgan fingerprint density at radius 1 is 1.28 bits per heavy atom. The zero-order chi connectivity index (χ0) is 13.3. The summed E-state index contributed by atoms with van der Waals surface area (Å²) in [7, 11) is 0. The zero-order valence-electron chi connectivity index (χ0n) is 11.8. The Morgan fingerprint density at radius 3 is 2.67 bits per heavy atom. The fraction of sp³-hybridized carbons (Fsp3) is 0.600. The highest BCUT2D eigenvalue weighted by molar-refractivity contribution is 5.57. The summed E-state index contributed by atoms with van der Waals surface area (Å²) in [6.45, 7) is 10.7. The average molecular weight is 248 g/mol. The SMILES string of the molecule is Cc1cc(NC2CCNCC2(C)C)c(C)cc1O. The van der Waals surface area contributed by atoms with E-state index in [0.29, 0.717) is 11.8 Å². The number of hydrogen-bond acceptors (Lipinski definition) is 3. The van der Waals surface area contributed by atoms with E-state index in [9.17, 15) is 5.11 Å². The lowest BCUT2D eigenvalue weighted by Crippen LogP contribution is -2.49. The van der Waals surface area contributed by atoms with Crippen molar-refractivity contribution in [1.82, 2.24) is 5.32 Å². The van der Waals surface area contributed by atoms with Crippen LogP contribution in [-0.2, 0) is 0 Å². The molecule has 1 aromatic rings. The van der Waals surface area contributed by atoms with Crippen molar-refractivity contribution >= 4 is 5.69 Å². The summed E-state index contributed by atoms with van der Waals surface area (Å²) >= 11 is 0. The van der Waals surface area contributed by atoms with Crippen LogP contribution >= 0.6 is 0 Å². The van der Waals surface area contributed by atoms with Crippen LogP contribution in [0.5, 0.6) is 5.75 Å². The van der Waals surface area contributed by atoms with E-state index < -0.39 is 0 Å². The molecule has 0 radical (unpaired) electrons. The van der Waals surface area contributed by atoms with Crippen LogP contribution < -0.4 is 10.6 Å². The number of benzene rings is 1. The fourth-order valence-electron chi connectivity index (χ4n) is 2.58. The standard InChI is InChI=1S/C15H24N2O/c1-10-8-13(18)11(2)7-12(10)17-14-5-6-16-9-15(14,3)4/h7-8,14,16-18H,5-6,9H2,1-4H3. The number of aromatic hydroxyl groups is 1. The number of nitrogens with one attached hydrogen (secondary N) is 2. The summed E-state index contributed by atoms with van der Waals surface area (Å²) in [6, 6.07) is 4.36. The summed E-state index contributed by atoms with van der Waals surface area (Å²) in [5.74, 6) is 0.377. The van der Waals surface area contributed by atoms with E-state index in [1.54, 1.807) is 0 Å². The summed E-state index contributed by atoms with van der Waals surface area (Å²) in [4.78, 5) is 0. The molecule has 1 unspecified atom stereocenters. The molecule has 0 spiro atoms. The monoisotopic (exact) mass is 248 g/mol. The highest BCUT2D eigenvalue weighted by atomic mass is 16.3. The van der Waals surface area contributed by atoms with Crippen molar-refractivity contribution in [3.8, 4) is 5.75 Å². The first-order chi connectivity index (χ1) is 8.40. The minimum Gasteiger partial charge on any atom is -0.508 e. The number of piperidine rings is 1. The van der Waals surface area contributed by atoms with Gasteiger partial charge in [0.05, 0.1) is 0 Å². The minimum atomic E-state index is 0.247. The summed E-state index contributed by atoms with van der Waals surface area (Å²) < 4.78 is 0. The molecule has 0 aromatic heterocycles. The average Bonchev–Trinajstić information content (AvgIpc) is 2.28. The van der Waals surface area contributed by atoms with Gasteiger partial charge in [0.1, 0.15) is 5.75 Å². The molecule has 3 nitrogen and oxygen atoms in total. The molecule has 1 saturated heterocycles. The van der Waals surface area contributed by atoms with Gasteiger partial charge in [-0.1, -0.05) is 13.8 Å². The van der Waals surface area contributed by atoms with Crippen molar-refractivity contribution < 1.29 is 5.11 Å². The van der Waals surface area contributed by atoms with Gasteiger partial charge in [-0.3, -0.25) is 0 Å². The molecule has 3 heteroatoms.